The third-order valence-electron chi connectivity index (χ3n) is 4.67. The first kappa shape index (κ1) is 18.7. The molecule has 1 aliphatic rings. The number of carbonyl (C=O) groups excluding carboxylic acids is 2. The van der Waals surface area contributed by atoms with Gasteiger partial charge in [-0.15, -0.1) is 0 Å². The molecular formula is C20H22N2O5. The molecule has 0 bridgehead atoms. The number of nitrogens with one attached hydrogen (secondary N) is 1. The van der Waals surface area contributed by atoms with Crippen LogP contribution in [0.15, 0.2) is 34.7 Å². The first-order valence-corrected chi connectivity index (χ1v) is 8.95. The zero-order valence-electron chi connectivity index (χ0n) is 15.3. The minimum atomic E-state index is -1.14. The van der Waals surface area contributed by atoms with Gasteiger partial charge in [0.2, 0.25) is 5.91 Å². The van der Waals surface area contributed by atoms with Crippen molar-refractivity contribution in [2.45, 2.75) is 39.2 Å². The molecule has 2 amide bonds. The lowest BCUT2D eigenvalue weighted by molar-refractivity contribution is -0.121. The Kier molecular flexibility index (Phi) is 5.30. The number of nitrogens with zero attached hydrogens (tertiary/aromatic N) is 1. The second-order valence-corrected chi connectivity index (χ2v) is 6.60. The highest BCUT2D eigenvalue weighted by molar-refractivity contribution is 6.02. The summed E-state index contributed by atoms with van der Waals surface area (Å²) in [7, 11) is 0. The molecule has 1 aromatic carbocycles. The topological polar surface area (TPSA) is 99.9 Å². The summed E-state index contributed by atoms with van der Waals surface area (Å²) in [5, 5.41) is 11.9. The predicted molar refractivity (Wildman–Crippen MR) is 99.1 cm³/mol. The van der Waals surface area contributed by atoms with Crippen molar-refractivity contribution in [1.82, 2.24) is 5.32 Å². The Morgan fingerprint density at radius 1 is 1.30 bits per heavy atom. The number of carboxylic acid groups (broad SMARTS) is 1. The molecule has 2 heterocycles. The maximum absolute atomic E-state index is 12.8. The largest absolute Gasteiger partial charge is 0.478 e. The number of hydrogen-bond donors (Lipinski definition) is 2. The molecule has 1 unspecified atom stereocenters. The quantitative estimate of drug-likeness (QED) is 0.843. The number of carbonyl (C=O) groups is 3. The van der Waals surface area contributed by atoms with Gasteiger partial charge >= 0.3 is 5.97 Å². The zero-order valence-corrected chi connectivity index (χ0v) is 15.3. The summed E-state index contributed by atoms with van der Waals surface area (Å²) in [5.74, 6) is -1.76. The van der Waals surface area contributed by atoms with Crippen molar-refractivity contribution in [2.75, 3.05) is 11.4 Å². The van der Waals surface area contributed by atoms with Crippen LogP contribution in [-0.4, -0.2) is 35.5 Å². The van der Waals surface area contributed by atoms with E-state index in [1.807, 2.05) is 31.2 Å². The zero-order chi connectivity index (χ0) is 19.6. The van der Waals surface area contributed by atoms with Crippen LogP contribution in [0.5, 0.6) is 0 Å². The van der Waals surface area contributed by atoms with Gasteiger partial charge in [-0.05, 0) is 31.9 Å². The van der Waals surface area contributed by atoms with Gasteiger partial charge in [-0.3, -0.25) is 9.59 Å². The molecule has 0 aliphatic carbocycles. The molecule has 7 nitrogen and oxygen atoms in total. The number of aromatic carboxylic acids is 1. The Balaban J connectivity index is 1.75. The number of carboxylic acids is 1. The summed E-state index contributed by atoms with van der Waals surface area (Å²) in [4.78, 5) is 38.2. The van der Waals surface area contributed by atoms with Gasteiger partial charge in [0.25, 0.3) is 5.91 Å². The second-order valence-electron chi connectivity index (χ2n) is 6.60. The predicted octanol–water partition coefficient (Wildman–Crippen LogP) is 2.77. The molecule has 3 rings (SSSR count). The van der Waals surface area contributed by atoms with Crippen molar-refractivity contribution in [3.8, 4) is 0 Å². The van der Waals surface area contributed by atoms with E-state index in [0.29, 0.717) is 19.4 Å². The maximum Gasteiger partial charge on any atom is 0.339 e. The molecule has 1 aliphatic heterocycles. The van der Waals surface area contributed by atoms with E-state index in [9.17, 15) is 19.5 Å². The molecule has 2 aromatic rings. The standard InChI is InChI=1S/C20H22N2O5/c1-3-16-14(20(25)26)11-17(27-16)18(23)21-15-5-4-10-22(19(15)24)13-8-6-12(2)7-9-13/h6-9,11,15H,3-5,10H2,1-2H3,(H,21,23)(H,25,26). The number of furan rings is 1. The van der Waals surface area contributed by atoms with Gasteiger partial charge in [0.15, 0.2) is 5.76 Å². The summed E-state index contributed by atoms with van der Waals surface area (Å²) < 4.78 is 5.37. The highest BCUT2D eigenvalue weighted by Crippen LogP contribution is 2.22. The van der Waals surface area contributed by atoms with Crippen LogP contribution in [0.1, 0.15) is 52.0 Å². The number of rotatable bonds is 5. The van der Waals surface area contributed by atoms with Gasteiger partial charge in [-0.1, -0.05) is 24.6 Å². The molecule has 0 spiro atoms. The smallest absolute Gasteiger partial charge is 0.339 e. The molecule has 1 saturated heterocycles. The van der Waals surface area contributed by atoms with Crippen LogP contribution in [0.25, 0.3) is 0 Å². The van der Waals surface area contributed by atoms with Crippen LogP contribution in [0.4, 0.5) is 5.69 Å². The van der Waals surface area contributed by atoms with Crippen molar-refractivity contribution in [2.24, 2.45) is 0 Å². The first-order chi connectivity index (χ1) is 12.9. The monoisotopic (exact) mass is 370 g/mol. The van der Waals surface area contributed by atoms with E-state index >= 15 is 0 Å². The van der Waals surface area contributed by atoms with Crippen LogP contribution in [0.3, 0.4) is 0 Å². The van der Waals surface area contributed by atoms with Gasteiger partial charge in [0, 0.05) is 24.7 Å². The fourth-order valence-corrected chi connectivity index (χ4v) is 3.20. The van der Waals surface area contributed by atoms with E-state index in [4.69, 9.17) is 4.42 Å². The van der Waals surface area contributed by atoms with Crippen molar-refractivity contribution in [3.63, 3.8) is 0 Å². The molecule has 0 saturated carbocycles. The van der Waals surface area contributed by atoms with Crippen molar-refractivity contribution < 1.29 is 23.9 Å². The average Bonchev–Trinajstić information content (AvgIpc) is 3.09. The van der Waals surface area contributed by atoms with Gasteiger partial charge in [-0.2, -0.15) is 0 Å². The molecule has 1 atom stereocenters. The Labute approximate surface area is 157 Å². The number of hydrogen-bond acceptors (Lipinski definition) is 4. The minimum Gasteiger partial charge on any atom is -0.478 e. The molecule has 1 fully saturated rings. The van der Waals surface area contributed by atoms with E-state index < -0.39 is 17.9 Å². The van der Waals surface area contributed by atoms with E-state index in [1.54, 1.807) is 11.8 Å². The SMILES string of the molecule is CCc1oc(C(=O)NC2CCCN(c3ccc(C)cc3)C2=O)cc1C(=O)O. The van der Waals surface area contributed by atoms with Crippen LogP contribution in [0, 0.1) is 6.92 Å². The van der Waals surface area contributed by atoms with E-state index in [1.165, 1.54) is 6.07 Å². The van der Waals surface area contributed by atoms with Gasteiger partial charge in [-0.25, -0.2) is 4.79 Å². The molecular weight excluding hydrogens is 348 g/mol. The molecule has 142 valence electrons. The Morgan fingerprint density at radius 2 is 2.00 bits per heavy atom. The lowest BCUT2D eigenvalue weighted by atomic mass is 10.0. The number of benzene rings is 1. The normalized spacial score (nSPS) is 17.0. The lowest BCUT2D eigenvalue weighted by Crippen LogP contribution is -2.52. The average molecular weight is 370 g/mol. The van der Waals surface area contributed by atoms with Crippen molar-refractivity contribution in [1.29, 1.82) is 0 Å². The third kappa shape index (κ3) is 3.86. The third-order valence-corrected chi connectivity index (χ3v) is 4.67. The second kappa shape index (κ2) is 7.65. The van der Waals surface area contributed by atoms with Crippen LogP contribution in [0.2, 0.25) is 0 Å². The highest BCUT2D eigenvalue weighted by Gasteiger charge is 2.32. The number of anilines is 1. The number of amides is 2. The van der Waals surface area contributed by atoms with E-state index in [-0.39, 0.29) is 23.0 Å². The molecule has 0 radical (unpaired) electrons. The maximum atomic E-state index is 12.8. The minimum absolute atomic E-state index is 0.0288. The molecule has 2 N–H and O–H groups in total. The fourth-order valence-electron chi connectivity index (χ4n) is 3.20. The summed E-state index contributed by atoms with van der Waals surface area (Å²) in [6.07, 6.45) is 1.64. The van der Waals surface area contributed by atoms with Gasteiger partial charge < -0.3 is 19.7 Å². The van der Waals surface area contributed by atoms with Crippen molar-refractivity contribution >= 4 is 23.5 Å². The van der Waals surface area contributed by atoms with Gasteiger partial charge in [0.1, 0.15) is 17.4 Å². The fraction of sp³-hybridized carbons (Fsp3) is 0.350. The Hall–Kier alpha value is -3.09. The summed E-state index contributed by atoms with van der Waals surface area (Å²) >= 11 is 0. The Bertz CT molecular complexity index is 869. The van der Waals surface area contributed by atoms with Crippen LogP contribution < -0.4 is 10.2 Å². The summed E-state index contributed by atoms with van der Waals surface area (Å²) in [5.41, 5.74) is 1.87. The van der Waals surface area contributed by atoms with Crippen LogP contribution >= 0.6 is 0 Å². The van der Waals surface area contributed by atoms with Gasteiger partial charge in [0.05, 0.1) is 0 Å². The lowest BCUT2D eigenvalue weighted by Gasteiger charge is -2.32. The highest BCUT2D eigenvalue weighted by atomic mass is 16.4. The Morgan fingerprint density at radius 3 is 2.59 bits per heavy atom. The first-order valence-electron chi connectivity index (χ1n) is 8.95. The van der Waals surface area contributed by atoms with E-state index in [0.717, 1.165) is 17.7 Å². The number of aryl methyl sites for hydroxylation is 2. The summed E-state index contributed by atoms with van der Waals surface area (Å²) in [6.45, 7) is 4.32. The molecule has 7 heteroatoms. The van der Waals surface area contributed by atoms with Crippen LogP contribution in [-0.2, 0) is 11.2 Å². The summed E-state index contributed by atoms with van der Waals surface area (Å²) in [6, 6.07) is 8.19. The molecule has 1 aromatic heterocycles. The molecule has 27 heavy (non-hydrogen) atoms. The van der Waals surface area contributed by atoms with E-state index in [2.05, 4.69) is 5.32 Å². The number of piperidine rings is 1. The van der Waals surface area contributed by atoms with Crippen molar-refractivity contribution in [3.05, 3.63) is 53.0 Å².